The summed E-state index contributed by atoms with van der Waals surface area (Å²) < 4.78 is 7.01. The van der Waals surface area contributed by atoms with Crippen LogP contribution in [0.5, 0.6) is 11.6 Å². The van der Waals surface area contributed by atoms with E-state index < -0.39 is 5.69 Å². The lowest BCUT2D eigenvalue weighted by Gasteiger charge is -2.05. The Labute approximate surface area is 164 Å². The van der Waals surface area contributed by atoms with Crippen LogP contribution in [0, 0.1) is 0 Å². The number of ether oxygens (including phenoxy) is 1. The second-order valence-electron chi connectivity index (χ2n) is 6.91. The van der Waals surface area contributed by atoms with Gasteiger partial charge in [0.1, 0.15) is 11.4 Å². The van der Waals surface area contributed by atoms with Crippen LogP contribution in [-0.2, 0) is 0 Å². The smallest absolute Gasteiger partial charge is 0.326 e. The van der Waals surface area contributed by atoms with Crippen molar-refractivity contribution in [2.45, 2.75) is 18.9 Å². The second kappa shape index (κ2) is 6.62. The Hall–Kier alpha value is -3.88. The standard InChI is InChI=1S/C20H18N6O3/c1-29-14-4-2-3-11(7-14)15-9-17(22-13-5-6-13)26-18(23-15)12(10-21-26)8-16-19(27)25-20(28)24-16/h2-4,7-10,13,27H,5-6H2,1H3,(H2,24,25,28)/b12-8-,22-17?. The molecular formula is C20H18N6O3. The van der Waals surface area contributed by atoms with Crippen molar-refractivity contribution in [2.24, 2.45) is 4.99 Å². The third-order valence-electron chi connectivity index (χ3n) is 4.74. The average Bonchev–Trinajstić information content (AvgIpc) is 3.36. The van der Waals surface area contributed by atoms with Gasteiger partial charge in [-0.05, 0) is 31.1 Å². The summed E-state index contributed by atoms with van der Waals surface area (Å²) in [5.41, 5.74) is 2.69. The van der Waals surface area contributed by atoms with Gasteiger partial charge in [-0.3, -0.25) is 9.98 Å². The van der Waals surface area contributed by atoms with E-state index in [0.29, 0.717) is 22.4 Å². The summed E-state index contributed by atoms with van der Waals surface area (Å²) in [4.78, 5) is 25.8. The molecule has 0 unspecified atom stereocenters. The Morgan fingerprint density at radius 3 is 2.90 bits per heavy atom. The summed E-state index contributed by atoms with van der Waals surface area (Å²) in [7, 11) is 1.62. The van der Waals surface area contributed by atoms with Crippen LogP contribution >= 0.6 is 0 Å². The van der Waals surface area contributed by atoms with Gasteiger partial charge in [0.05, 0.1) is 25.0 Å². The van der Waals surface area contributed by atoms with Gasteiger partial charge in [0.25, 0.3) is 0 Å². The molecule has 146 valence electrons. The van der Waals surface area contributed by atoms with E-state index in [9.17, 15) is 9.90 Å². The normalized spacial score (nSPS) is 15.3. The van der Waals surface area contributed by atoms with Gasteiger partial charge in [-0.2, -0.15) is 9.61 Å². The first-order chi connectivity index (χ1) is 14.1. The topological polar surface area (TPSA) is 121 Å². The molecule has 29 heavy (non-hydrogen) atoms. The summed E-state index contributed by atoms with van der Waals surface area (Å²) in [6.07, 6.45) is 5.39. The maximum Gasteiger partial charge on any atom is 0.326 e. The lowest BCUT2D eigenvalue weighted by molar-refractivity contribution is 0.415. The zero-order valence-corrected chi connectivity index (χ0v) is 15.6. The van der Waals surface area contributed by atoms with Crippen molar-refractivity contribution in [3.8, 4) is 22.9 Å². The summed E-state index contributed by atoms with van der Waals surface area (Å²) in [6.45, 7) is 0. The van der Waals surface area contributed by atoms with Crippen LogP contribution in [-0.4, -0.2) is 42.8 Å². The van der Waals surface area contributed by atoms with E-state index in [0.717, 1.165) is 29.8 Å². The van der Waals surface area contributed by atoms with Gasteiger partial charge >= 0.3 is 5.69 Å². The molecule has 0 spiro atoms. The number of hydrogen-bond donors (Lipinski definition) is 3. The molecule has 0 amide bonds. The minimum absolute atomic E-state index is 0.235. The monoisotopic (exact) mass is 390 g/mol. The predicted octanol–water partition coefficient (Wildman–Crippen LogP) is 0.738. The fourth-order valence-corrected chi connectivity index (χ4v) is 3.13. The van der Waals surface area contributed by atoms with E-state index in [2.05, 4.69) is 15.1 Å². The predicted molar refractivity (Wildman–Crippen MR) is 105 cm³/mol. The first-order valence-electron chi connectivity index (χ1n) is 9.21. The van der Waals surface area contributed by atoms with E-state index in [1.165, 1.54) is 0 Å². The van der Waals surface area contributed by atoms with E-state index in [4.69, 9.17) is 14.7 Å². The Balaban J connectivity index is 1.77. The number of nitrogens with zero attached hydrogens (tertiary/aromatic N) is 4. The van der Waals surface area contributed by atoms with Gasteiger partial charge in [0.2, 0.25) is 5.88 Å². The number of imidazole rings is 1. The van der Waals surface area contributed by atoms with Gasteiger partial charge in [-0.25, -0.2) is 9.78 Å². The molecule has 3 N–H and O–H groups in total. The highest BCUT2D eigenvalue weighted by Gasteiger charge is 2.20. The summed E-state index contributed by atoms with van der Waals surface area (Å²) in [5.74, 6) is 0.501. The molecule has 9 heteroatoms. The maximum atomic E-state index is 11.4. The molecule has 1 fully saturated rings. The maximum absolute atomic E-state index is 11.4. The molecule has 5 rings (SSSR count). The first-order valence-corrected chi connectivity index (χ1v) is 9.21. The third-order valence-corrected chi connectivity index (χ3v) is 4.74. The highest BCUT2D eigenvalue weighted by molar-refractivity contribution is 5.64. The quantitative estimate of drug-likeness (QED) is 0.475. The molecule has 1 saturated carbocycles. The van der Waals surface area contributed by atoms with Crippen molar-refractivity contribution < 1.29 is 9.84 Å². The number of aromatic hydroxyl groups is 1. The number of methoxy groups -OCH3 is 1. The Morgan fingerprint density at radius 2 is 2.17 bits per heavy atom. The summed E-state index contributed by atoms with van der Waals surface area (Å²) >= 11 is 0. The number of nitrogens with one attached hydrogen (secondary N) is 2. The van der Waals surface area contributed by atoms with E-state index in [1.807, 2.05) is 30.3 Å². The summed E-state index contributed by atoms with van der Waals surface area (Å²) in [5, 5.41) is 14.9. The molecule has 1 aliphatic carbocycles. The second-order valence-corrected chi connectivity index (χ2v) is 6.91. The molecule has 0 saturated heterocycles. The molecule has 1 aromatic carbocycles. The summed E-state index contributed by atoms with van der Waals surface area (Å²) in [6, 6.07) is 9.86. The third kappa shape index (κ3) is 3.27. The number of aromatic amines is 2. The van der Waals surface area contributed by atoms with E-state index in [-0.39, 0.29) is 11.6 Å². The van der Waals surface area contributed by atoms with Gasteiger partial charge < -0.3 is 14.8 Å². The van der Waals surface area contributed by atoms with Crippen LogP contribution in [0.15, 0.2) is 46.3 Å². The Morgan fingerprint density at radius 1 is 1.31 bits per heavy atom. The molecule has 0 radical (unpaired) electrons. The van der Waals surface area contributed by atoms with Crippen LogP contribution in [0.3, 0.4) is 0 Å². The molecule has 0 aliphatic heterocycles. The fourth-order valence-electron chi connectivity index (χ4n) is 3.13. The lowest BCUT2D eigenvalue weighted by atomic mass is 10.1. The van der Waals surface area contributed by atoms with Crippen molar-refractivity contribution in [3.63, 3.8) is 0 Å². The Kier molecular flexibility index (Phi) is 3.94. The highest BCUT2D eigenvalue weighted by Crippen LogP contribution is 2.24. The number of aromatic nitrogens is 5. The van der Waals surface area contributed by atoms with Crippen molar-refractivity contribution in [2.75, 3.05) is 7.11 Å². The molecule has 1 aliphatic rings. The van der Waals surface area contributed by atoms with Crippen molar-refractivity contribution in [1.82, 2.24) is 24.6 Å². The van der Waals surface area contributed by atoms with Crippen molar-refractivity contribution >= 4 is 11.7 Å². The van der Waals surface area contributed by atoms with Crippen LogP contribution in [0.1, 0.15) is 18.5 Å². The molecule has 4 aromatic rings. The van der Waals surface area contributed by atoms with Crippen molar-refractivity contribution in [1.29, 1.82) is 0 Å². The average molecular weight is 390 g/mol. The fraction of sp³-hybridized carbons (Fsp3) is 0.200. The van der Waals surface area contributed by atoms with Crippen LogP contribution in [0.2, 0.25) is 0 Å². The van der Waals surface area contributed by atoms with Crippen LogP contribution < -0.4 is 21.1 Å². The van der Waals surface area contributed by atoms with Crippen LogP contribution in [0.4, 0.5) is 0 Å². The number of benzene rings is 1. The number of hydrogen-bond acceptors (Lipinski definition) is 6. The Bertz CT molecular complexity index is 1390. The number of fused-ring (bicyclic) bond motifs is 1. The largest absolute Gasteiger partial charge is 0.497 e. The van der Waals surface area contributed by atoms with E-state index >= 15 is 0 Å². The molecule has 0 atom stereocenters. The molecule has 3 aromatic heterocycles. The lowest BCUT2D eigenvalue weighted by Crippen LogP contribution is -2.19. The van der Waals surface area contributed by atoms with Crippen LogP contribution in [0.25, 0.3) is 23.0 Å². The first kappa shape index (κ1) is 17.2. The van der Waals surface area contributed by atoms with Gasteiger partial charge in [-0.1, -0.05) is 12.1 Å². The molecule has 3 heterocycles. The van der Waals surface area contributed by atoms with Crippen molar-refractivity contribution in [3.05, 3.63) is 63.4 Å². The van der Waals surface area contributed by atoms with Gasteiger partial charge in [0, 0.05) is 16.8 Å². The van der Waals surface area contributed by atoms with Gasteiger partial charge in [0.15, 0.2) is 11.1 Å². The SMILES string of the molecule is COc1cccc(-c2cc(=NC3CC3)n3nc/c(=C/c4[nH]c(=O)[nH]c4O)c3n2)c1. The highest BCUT2D eigenvalue weighted by atomic mass is 16.5. The zero-order chi connectivity index (χ0) is 20.0. The molecular weight excluding hydrogens is 372 g/mol. The minimum atomic E-state index is -0.486. The molecule has 9 nitrogen and oxygen atoms in total. The number of rotatable bonds is 4. The van der Waals surface area contributed by atoms with E-state index in [1.54, 1.807) is 23.9 Å². The van der Waals surface area contributed by atoms with Gasteiger partial charge in [-0.15, -0.1) is 0 Å². The molecule has 0 bridgehead atoms. The minimum Gasteiger partial charge on any atom is -0.497 e. The zero-order valence-electron chi connectivity index (χ0n) is 15.6. The number of H-pyrrole nitrogens is 2.